The molecule has 0 saturated carbocycles. The number of hydrogen-bond acceptors (Lipinski definition) is 3. The number of carbonyl (C=O) groups excluding carboxylic acids is 2. The predicted octanol–water partition coefficient (Wildman–Crippen LogP) is 3.77. The smallest absolute Gasteiger partial charge is 0.187 e. The van der Waals surface area contributed by atoms with Crippen LogP contribution in [0.1, 0.15) is 15.9 Å². The van der Waals surface area contributed by atoms with E-state index < -0.39 is 0 Å². The van der Waals surface area contributed by atoms with Gasteiger partial charge in [-0.05, 0) is 17.7 Å². The molecular weight excluding hydrogens is 286 g/mol. The Hall–Kier alpha value is -3.20. The summed E-state index contributed by atoms with van der Waals surface area (Å²) in [7, 11) is 0. The molecule has 0 heterocycles. The summed E-state index contributed by atoms with van der Waals surface area (Å²) in [5.74, 6) is -0.0752. The van der Waals surface area contributed by atoms with Gasteiger partial charge in [-0.3, -0.25) is 9.59 Å². The highest BCUT2D eigenvalue weighted by molar-refractivity contribution is 6.08. The lowest BCUT2D eigenvalue weighted by Gasteiger charge is -2.07. The zero-order chi connectivity index (χ0) is 16.3. The van der Waals surface area contributed by atoms with Gasteiger partial charge >= 0.3 is 0 Å². The first-order valence-corrected chi connectivity index (χ1v) is 7.21. The molecule has 0 aromatic heterocycles. The number of aldehydes is 1. The van der Waals surface area contributed by atoms with Crippen LogP contribution in [0.25, 0.3) is 5.70 Å². The molecule has 0 radical (unpaired) electrons. The van der Waals surface area contributed by atoms with Crippen molar-refractivity contribution in [3.05, 3.63) is 102 Å². The molecule has 0 atom stereocenters. The average Bonchev–Trinajstić information content (AvgIpc) is 2.62. The third kappa shape index (κ3) is 5.25. The van der Waals surface area contributed by atoms with E-state index in [-0.39, 0.29) is 5.78 Å². The second kappa shape index (κ2) is 8.95. The number of carbonyl (C=O) groups is 2. The molecule has 2 aromatic carbocycles. The van der Waals surface area contributed by atoms with E-state index in [9.17, 15) is 9.59 Å². The number of nitrogens with one attached hydrogen (secondary N) is 1. The summed E-state index contributed by atoms with van der Waals surface area (Å²) in [6.07, 6.45) is 8.64. The van der Waals surface area contributed by atoms with Crippen LogP contribution in [0.15, 0.2) is 91.2 Å². The van der Waals surface area contributed by atoms with Crippen molar-refractivity contribution in [2.75, 3.05) is 0 Å². The maximum atomic E-state index is 12.4. The number of hydrogen-bond donors (Lipinski definition) is 1. The molecule has 0 aliphatic rings. The van der Waals surface area contributed by atoms with Crippen LogP contribution in [0, 0.1) is 0 Å². The van der Waals surface area contributed by atoms with Gasteiger partial charge in [0.1, 0.15) is 6.29 Å². The van der Waals surface area contributed by atoms with Gasteiger partial charge in [-0.15, -0.1) is 0 Å². The topological polar surface area (TPSA) is 46.2 Å². The Bertz CT molecular complexity index is 729. The lowest BCUT2D eigenvalue weighted by molar-refractivity contribution is -0.104. The van der Waals surface area contributed by atoms with E-state index in [1.165, 1.54) is 6.08 Å². The van der Waals surface area contributed by atoms with Gasteiger partial charge in [0, 0.05) is 23.5 Å². The van der Waals surface area contributed by atoms with Crippen molar-refractivity contribution in [1.29, 1.82) is 0 Å². The molecule has 0 aliphatic carbocycles. The zero-order valence-electron chi connectivity index (χ0n) is 12.6. The van der Waals surface area contributed by atoms with E-state index in [1.807, 2.05) is 48.5 Å². The van der Waals surface area contributed by atoms with Gasteiger partial charge in [-0.1, -0.05) is 66.7 Å². The molecule has 3 nitrogen and oxygen atoms in total. The molecule has 2 rings (SSSR count). The van der Waals surface area contributed by atoms with Crippen LogP contribution in [0.2, 0.25) is 0 Å². The van der Waals surface area contributed by atoms with E-state index in [1.54, 1.807) is 36.6 Å². The molecule has 0 amide bonds. The predicted molar refractivity (Wildman–Crippen MR) is 92.7 cm³/mol. The highest BCUT2D eigenvalue weighted by Gasteiger charge is 2.05. The molecule has 114 valence electrons. The summed E-state index contributed by atoms with van der Waals surface area (Å²) in [6, 6.07) is 18.7. The van der Waals surface area contributed by atoms with Gasteiger partial charge in [0.15, 0.2) is 5.78 Å². The van der Waals surface area contributed by atoms with Gasteiger partial charge in [0.2, 0.25) is 0 Å². The molecule has 0 spiro atoms. The number of benzene rings is 2. The third-order valence-corrected chi connectivity index (χ3v) is 3.05. The quantitative estimate of drug-likeness (QED) is 0.366. The summed E-state index contributed by atoms with van der Waals surface area (Å²) in [4.78, 5) is 22.6. The van der Waals surface area contributed by atoms with Crippen molar-refractivity contribution in [3.8, 4) is 0 Å². The van der Waals surface area contributed by atoms with E-state index >= 15 is 0 Å². The SMILES string of the molecule is O=C/C=C/C=C/N/C(=C/C(=O)c1ccccc1)c1ccccc1. The summed E-state index contributed by atoms with van der Waals surface area (Å²) in [5, 5.41) is 3.09. The highest BCUT2D eigenvalue weighted by atomic mass is 16.1. The second-order valence-corrected chi connectivity index (χ2v) is 4.68. The Morgan fingerprint density at radius 1 is 0.783 bits per heavy atom. The molecule has 0 fully saturated rings. The lowest BCUT2D eigenvalue weighted by atomic mass is 10.1. The molecule has 0 aliphatic heterocycles. The van der Waals surface area contributed by atoms with Gasteiger partial charge in [0.05, 0.1) is 0 Å². The minimum Gasteiger partial charge on any atom is -0.361 e. The van der Waals surface area contributed by atoms with Gasteiger partial charge in [-0.2, -0.15) is 0 Å². The monoisotopic (exact) mass is 303 g/mol. The third-order valence-electron chi connectivity index (χ3n) is 3.05. The van der Waals surface area contributed by atoms with Crippen molar-refractivity contribution < 1.29 is 9.59 Å². The summed E-state index contributed by atoms with van der Waals surface area (Å²) in [6.45, 7) is 0. The molecular formula is C20H17NO2. The van der Waals surface area contributed by atoms with Crippen molar-refractivity contribution in [2.24, 2.45) is 0 Å². The highest BCUT2D eigenvalue weighted by Crippen LogP contribution is 2.13. The largest absolute Gasteiger partial charge is 0.361 e. The maximum Gasteiger partial charge on any atom is 0.187 e. The van der Waals surface area contributed by atoms with E-state index in [2.05, 4.69) is 5.32 Å². The fourth-order valence-electron chi connectivity index (χ4n) is 1.95. The van der Waals surface area contributed by atoms with Crippen molar-refractivity contribution in [3.63, 3.8) is 0 Å². The Kier molecular flexibility index (Phi) is 6.29. The van der Waals surface area contributed by atoms with Crippen LogP contribution in [0.3, 0.4) is 0 Å². The first-order chi connectivity index (χ1) is 11.3. The summed E-state index contributed by atoms with van der Waals surface area (Å²) in [5.41, 5.74) is 2.23. The molecule has 3 heteroatoms. The van der Waals surface area contributed by atoms with E-state index in [0.29, 0.717) is 17.5 Å². The Balaban J connectivity index is 2.24. The van der Waals surface area contributed by atoms with Gasteiger partial charge in [-0.25, -0.2) is 0 Å². The maximum absolute atomic E-state index is 12.4. The van der Waals surface area contributed by atoms with Crippen LogP contribution in [-0.4, -0.2) is 12.1 Å². The molecule has 0 bridgehead atoms. The van der Waals surface area contributed by atoms with Crippen LogP contribution < -0.4 is 5.32 Å². The van der Waals surface area contributed by atoms with E-state index in [0.717, 1.165) is 5.56 Å². The fourth-order valence-corrected chi connectivity index (χ4v) is 1.95. The molecule has 2 aromatic rings. The summed E-state index contributed by atoms with van der Waals surface area (Å²) < 4.78 is 0. The fraction of sp³-hybridized carbons (Fsp3) is 0. The summed E-state index contributed by atoms with van der Waals surface area (Å²) >= 11 is 0. The molecule has 0 unspecified atom stereocenters. The normalized spacial score (nSPS) is 11.7. The first-order valence-electron chi connectivity index (χ1n) is 7.21. The minimum atomic E-state index is -0.0752. The van der Waals surface area contributed by atoms with Crippen LogP contribution in [0.5, 0.6) is 0 Å². The van der Waals surface area contributed by atoms with Crippen molar-refractivity contribution >= 4 is 17.8 Å². The Morgan fingerprint density at radius 3 is 2.00 bits per heavy atom. The minimum absolute atomic E-state index is 0.0752. The zero-order valence-corrected chi connectivity index (χ0v) is 12.6. The lowest BCUT2D eigenvalue weighted by Crippen LogP contribution is -2.07. The van der Waals surface area contributed by atoms with Crippen LogP contribution in [-0.2, 0) is 4.79 Å². The number of allylic oxidation sites excluding steroid dienone is 4. The van der Waals surface area contributed by atoms with Gasteiger partial charge in [0.25, 0.3) is 0 Å². The van der Waals surface area contributed by atoms with Crippen molar-refractivity contribution in [1.82, 2.24) is 5.32 Å². The van der Waals surface area contributed by atoms with Gasteiger partial charge < -0.3 is 5.32 Å². The first kappa shape index (κ1) is 16.2. The average molecular weight is 303 g/mol. The Labute approximate surface area is 135 Å². The second-order valence-electron chi connectivity index (χ2n) is 4.68. The standard InChI is InChI=1S/C20H17NO2/c22-15-9-3-8-14-21-19(17-10-4-1-5-11-17)16-20(23)18-12-6-2-7-13-18/h1-16,21H/b9-3+,14-8+,19-16+. The Morgan fingerprint density at radius 2 is 1.39 bits per heavy atom. The number of ketones is 1. The van der Waals surface area contributed by atoms with E-state index in [4.69, 9.17) is 0 Å². The van der Waals surface area contributed by atoms with Crippen LogP contribution >= 0.6 is 0 Å². The molecule has 23 heavy (non-hydrogen) atoms. The van der Waals surface area contributed by atoms with Crippen molar-refractivity contribution in [2.45, 2.75) is 0 Å². The number of rotatable bonds is 7. The molecule has 1 N–H and O–H groups in total. The van der Waals surface area contributed by atoms with Crippen LogP contribution in [0.4, 0.5) is 0 Å². The molecule has 0 saturated heterocycles.